The summed E-state index contributed by atoms with van der Waals surface area (Å²) in [6.45, 7) is 0. The Bertz CT molecular complexity index is 1880. The number of ether oxygens (including phenoxy) is 2. The molecular weight excluding hydrogens is 560 g/mol. The van der Waals surface area contributed by atoms with Crippen LogP contribution in [-0.4, -0.2) is 48.6 Å². The van der Waals surface area contributed by atoms with Crippen molar-refractivity contribution in [3.8, 4) is 11.5 Å². The number of nitro groups is 1. The van der Waals surface area contributed by atoms with E-state index >= 15 is 0 Å². The monoisotopic (exact) mass is 586 g/mol. The molecule has 7 rings (SSSR count). The Hall–Kier alpha value is -5.57. The van der Waals surface area contributed by atoms with Crippen LogP contribution < -0.4 is 14.4 Å². The van der Waals surface area contributed by atoms with Crippen molar-refractivity contribution in [1.82, 2.24) is 0 Å². The van der Waals surface area contributed by atoms with E-state index in [2.05, 4.69) is 0 Å². The number of methoxy groups -OCH3 is 2. The zero-order valence-electron chi connectivity index (χ0n) is 23.8. The Labute approximate surface area is 252 Å². The van der Waals surface area contributed by atoms with Gasteiger partial charge in [-0.15, -0.1) is 0 Å². The van der Waals surface area contributed by atoms with Crippen LogP contribution in [0.5, 0.6) is 11.5 Å². The highest BCUT2D eigenvalue weighted by Crippen LogP contribution is 2.62. The fraction of sp³-hybridized carbons (Fsp3) is 0.171. The average molecular weight is 587 g/mol. The number of anilines is 1. The van der Waals surface area contributed by atoms with Gasteiger partial charge in [0.15, 0.2) is 28.8 Å². The Morgan fingerprint density at radius 2 is 1.50 bits per heavy atom. The number of rotatable bonds is 6. The van der Waals surface area contributed by atoms with Crippen LogP contribution in [0.4, 0.5) is 11.4 Å². The highest BCUT2D eigenvalue weighted by Gasteiger charge is 2.72. The molecule has 3 unspecified atom stereocenters. The molecule has 0 aromatic heterocycles. The summed E-state index contributed by atoms with van der Waals surface area (Å²) in [5.41, 5.74) is 0.937. The maximum Gasteiger partial charge on any atom is 0.269 e. The summed E-state index contributed by atoms with van der Waals surface area (Å²) in [7, 11) is 2.97. The molecule has 1 spiro atoms. The highest BCUT2D eigenvalue weighted by molar-refractivity contribution is 6.32. The van der Waals surface area contributed by atoms with Gasteiger partial charge in [0.2, 0.25) is 0 Å². The first-order valence-electron chi connectivity index (χ1n) is 14.1. The number of hydrogen-bond donors (Lipinski definition) is 0. The normalized spacial score (nSPS) is 20.7. The summed E-state index contributed by atoms with van der Waals surface area (Å²) in [5, 5.41) is 11.4. The topological polar surface area (TPSA) is 116 Å². The number of fused-ring (bicyclic) bond motifs is 5. The van der Waals surface area contributed by atoms with Crippen molar-refractivity contribution in [2.24, 2.45) is 5.41 Å². The van der Waals surface area contributed by atoms with Crippen LogP contribution in [-0.2, 0) is 0 Å². The van der Waals surface area contributed by atoms with Gasteiger partial charge >= 0.3 is 0 Å². The van der Waals surface area contributed by atoms with Gasteiger partial charge in [-0.1, -0.05) is 66.7 Å². The van der Waals surface area contributed by atoms with Crippen molar-refractivity contribution in [2.45, 2.75) is 18.0 Å². The van der Waals surface area contributed by atoms with Crippen molar-refractivity contribution in [3.63, 3.8) is 0 Å². The molecule has 4 aromatic carbocycles. The molecular formula is C35H26N2O7. The number of non-ortho nitro benzene ring substituents is 1. The first kappa shape index (κ1) is 27.3. The lowest BCUT2D eigenvalue weighted by atomic mass is 9.64. The van der Waals surface area contributed by atoms with E-state index in [9.17, 15) is 24.5 Å². The van der Waals surface area contributed by atoms with Crippen LogP contribution in [0.3, 0.4) is 0 Å². The smallest absolute Gasteiger partial charge is 0.269 e. The van der Waals surface area contributed by atoms with Crippen molar-refractivity contribution in [1.29, 1.82) is 0 Å². The van der Waals surface area contributed by atoms with Crippen LogP contribution in [0, 0.1) is 15.5 Å². The molecule has 218 valence electrons. The number of nitro benzene ring substituents is 1. The summed E-state index contributed by atoms with van der Waals surface area (Å²) in [6.07, 6.45) is 3.73. The van der Waals surface area contributed by atoms with Crippen LogP contribution in [0.15, 0.2) is 97.1 Å². The summed E-state index contributed by atoms with van der Waals surface area (Å²) in [5.74, 6) is -1.45. The van der Waals surface area contributed by atoms with Gasteiger partial charge in [-0.25, -0.2) is 0 Å². The maximum absolute atomic E-state index is 14.8. The van der Waals surface area contributed by atoms with E-state index in [1.807, 2.05) is 41.3 Å². The third kappa shape index (κ3) is 3.55. The largest absolute Gasteiger partial charge is 0.493 e. The van der Waals surface area contributed by atoms with Crippen molar-refractivity contribution < 1.29 is 28.8 Å². The molecule has 1 aliphatic carbocycles. The number of benzene rings is 4. The van der Waals surface area contributed by atoms with E-state index < -0.39 is 34.1 Å². The molecule has 44 heavy (non-hydrogen) atoms. The molecule has 1 fully saturated rings. The molecule has 4 aromatic rings. The Balaban J connectivity index is 1.56. The Kier molecular flexibility index (Phi) is 6.21. The van der Waals surface area contributed by atoms with Gasteiger partial charge < -0.3 is 14.4 Å². The molecule has 9 nitrogen and oxygen atoms in total. The van der Waals surface area contributed by atoms with Crippen molar-refractivity contribution in [3.05, 3.63) is 135 Å². The third-order valence-electron chi connectivity index (χ3n) is 9.11. The number of carbonyl (C=O) groups excluding carboxylic acids is 3. The minimum Gasteiger partial charge on any atom is -0.493 e. The lowest BCUT2D eigenvalue weighted by molar-refractivity contribution is -0.384. The SMILES string of the molecule is COc1cccc(C2C(C(=O)c3ccc([N+](=O)[O-])cc3)N3c4ccccc4C=CC3C23C(=O)c2ccccc2C3=O)c1OC. The molecule has 3 aliphatic rings. The van der Waals surface area contributed by atoms with E-state index in [-0.39, 0.29) is 22.8 Å². The van der Waals surface area contributed by atoms with Crippen LogP contribution in [0.25, 0.3) is 6.08 Å². The second-order valence-electron chi connectivity index (χ2n) is 11.0. The predicted octanol–water partition coefficient (Wildman–Crippen LogP) is 5.93. The van der Waals surface area contributed by atoms with E-state index in [4.69, 9.17) is 9.47 Å². The van der Waals surface area contributed by atoms with E-state index in [0.717, 1.165) is 5.56 Å². The Morgan fingerprint density at radius 1 is 0.841 bits per heavy atom. The van der Waals surface area contributed by atoms with Gasteiger partial charge in [-0.3, -0.25) is 24.5 Å². The number of carbonyl (C=O) groups is 3. The molecule has 2 aliphatic heterocycles. The van der Waals surface area contributed by atoms with Crippen LogP contribution in [0.1, 0.15) is 48.1 Å². The second kappa shape index (κ2) is 10.0. The molecule has 0 N–H and O–H groups in total. The number of Topliss-reactive ketones (excluding diaryl/α,β-unsaturated/α-hetero) is 3. The molecule has 0 saturated carbocycles. The summed E-state index contributed by atoms with van der Waals surface area (Å²) in [4.78, 5) is 57.2. The number of nitrogens with zero attached hydrogens (tertiary/aromatic N) is 2. The van der Waals surface area contributed by atoms with Crippen LogP contribution >= 0.6 is 0 Å². The molecule has 9 heteroatoms. The maximum atomic E-state index is 14.8. The fourth-order valence-electron chi connectivity index (χ4n) is 7.34. The summed E-state index contributed by atoms with van der Waals surface area (Å²) < 4.78 is 11.5. The minimum absolute atomic E-state index is 0.156. The number of ketones is 3. The fourth-order valence-corrected chi connectivity index (χ4v) is 7.34. The first-order chi connectivity index (χ1) is 21.3. The van der Waals surface area contributed by atoms with E-state index in [1.165, 1.54) is 38.5 Å². The van der Waals surface area contributed by atoms with Crippen molar-refractivity contribution in [2.75, 3.05) is 19.1 Å². The predicted molar refractivity (Wildman–Crippen MR) is 163 cm³/mol. The van der Waals surface area contributed by atoms with E-state index in [0.29, 0.717) is 33.9 Å². The Morgan fingerprint density at radius 3 is 2.14 bits per heavy atom. The van der Waals surface area contributed by atoms with Gasteiger partial charge in [0.1, 0.15) is 11.5 Å². The summed E-state index contributed by atoms with van der Waals surface area (Å²) >= 11 is 0. The van der Waals surface area contributed by atoms with Crippen LogP contribution in [0.2, 0.25) is 0 Å². The molecule has 1 saturated heterocycles. The molecule has 2 heterocycles. The number of hydrogen-bond acceptors (Lipinski definition) is 8. The zero-order valence-corrected chi connectivity index (χ0v) is 23.8. The molecule has 0 amide bonds. The zero-order chi connectivity index (χ0) is 30.7. The van der Waals surface area contributed by atoms with Gasteiger partial charge in [-0.05, 0) is 29.8 Å². The highest BCUT2D eigenvalue weighted by atomic mass is 16.6. The molecule has 0 radical (unpaired) electrons. The lowest BCUT2D eigenvalue weighted by Gasteiger charge is -2.37. The average Bonchev–Trinajstić information content (AvgIpc) is 3.49. The standard InChI is InChI=1S/C35H26N2O7/c1-43-27-13-7-11-25(32(27)44-2)29-30(31(38)21-14-17-22(18-15-21)37(41)42)36-26-12-6-3-8-20(26)16-19-28(36)35(29)33(39)23-9-4-5-10-24(23)34(35)40/h3-19,28-30H,1-2H3. The lowest BCUT2D eigenvalue weighted by Crippen LogP contribution is -2.48. The van der Waals surface area contributed by atoms with E-state index in [1.54, 1.807) is 42.5 Å². The minimum atomic E-state index is -1.73. The first-order valence-corrected chi connectivity index (χ1v) is 14.1. The van der Waals surface area contributed by atoms with Gasteiger partial charge in [0, 0.05) is 46.0 Å². The second-order valence-corrected chi connectivity index (χ2v) is 11.0. The third-order valence-corrected chi connectivity index (χ3v) is 9.11. The quantitative estimate of drug-likeness (QED) is 0.118. The molecule has 3 atom stereocenters. The van der Waals surface area contributed by atoms with Gasteiger partial charge in [0.05, 0.1) is 25.2 Å². The molecule has 0 bridgehead atoms. The van der Waals surface area contributed by atoms with Gasteiger partial charge in [-0.2, -0.15) is 0 Å². The number of para-hydroxylation sites is 2. The summed E-state index contributed by atoms with van der Waals surface area (Å²) in [6, 6.07) is 23.0. The van der Waals surface area contributed by atoms with Crippen molar-refractivity contribution >= 4 is 34.8 Å². The van der Waals surface area contributed by atoms with Gasteiger partial charge in [0.25, 0.3) is 5.69 Å².